The van der Waals surface area contributed by atoms with Crippen molar-refractivity contribution < 1.29 is 9.26 Å². The maximum atomic E-state index is 5.78. The minimum Gasteiger partial charge on any atom is -0.375 e. The van der Waals surface area contributed by atoms with E-state index in [1.54, 1.807) is 0 Å². The van der Waals surface area contributed by atoms with E-state index in [4.69, 9.17) is 9.26 Å². The van der Waals surface area contributed by atoms with Crippen molar-refractivity contribution in [1.82, 2.24) is 15.0 Å². The molecule has 2 atom stereocenters. The van der Waals surface area contributed by atoms with E-state index in [0.717, 1.165) is 25.5 Å². The van der Waals surface area contributed by atoms with Crippen LogP contribution in [0.3, 0.4) is 0 Å². The summed E-state index contributed by atoms with van der Waals surface area (Å²) in [5.74, 6) is 2.11. The Balaban J connectivity index is 1.78. The molecular formula is C15H23N3O2. The maximum Gasteiger partial charge on any atom is 0.246 e. The van der Waals surface area contributed by atoms with Crippen LogP contribution in [0.25, 0.3) is 0 Å². The van der Waals surface area contributed by atoms with Gasteiger partial charge in [0.25, 0.3) is 0 Å². The van der Waals surface area contributed by atoms with E-state index in [-0.39, 0.29) is 12.1 Å². The van der Waals surface area contributed by atoms with Crippen molar-refractivity contribution in [3.05, 3.63) is 23.4 Å². The fourth-order valence-electron chi connectivity index (χ4n) is 2.62. The zero-order chi connectivity index (χ0) is 14.1. The lowest BCUT2D eigenvalue weighted by Gasteiger charge is -2.37. The Morgan fingerprint density at radius 3 is 2.90 bits per heavy atom. The highest BCUT2D eigenvalue weighted by Gasteiger charge is 2.36. The molecule has 0 aromatic carbocycles. The molecule has 2 aliphatic rings. The number of aromatic nitrogens is 2. The number of allylic oxidation sites excluding steroid dienone is 1. The molecule has 110 valence electrons. The van der Waals surface area contributed by atoms with Gasteiger partial charge >= 0.3 is 0 Å². The molecule has 0 spiro atoms. The van der Waals surface area contributed by atoms with E-state index in [0.29, 0.717) is 11.8 Å². The Morgan fingerprint density at radius 2 is 2.20 bits per heavy atom. The minimum atomic E-state index is 0.0688. The van der Waals surface area contributed by atoms with Crippen LogP contribution in [0, 0.1) is 0 Å². The topological polar surface area (TPSA) is 51.4 Å². The molecule has 0 N–H and O–H groups in total. The SMILES string of the molecule is CC(C)=CCN1CCO[C@H](C)[C@H]1c1nc(C2CC2)no1. The van der Waals surface area contributed by atoms with Gasteiger partial charge in [0.2, 0.25) is 5.89 Å². The van der Waals surface area contributed by atoms with Crippen LogP contribution in [0.4, 0.5) is 0 Å². The molecule has 5 heteroatoms. The summed E-state index contributed by atoms with van der Waals surface area (Å²) in [7, 11) is 0. The number of ether oxygens (including phenoxy) is 1. The van der Waals surface area contributed by atoms with E-state index >= 15 is 0 Å². The largest absolute Gasteiger partial charge is 0.375 e. The summed E-state index contributed by atoms with van der Waals surface area (Å²) < 4.78 is 11.3. The highest BCUT2D eigenvalue weighted by atomic mass is 16.5. The van der Waals surface area contributed by atoms with Crippen LogP contribution in [0.5, 0.6) is 0 Å². The molecule has 1 aromatic heterocycles. The van der Waals surface area contributed by atoms with Gasteiger partial charge in [0.15, 0.2) is 5.82 Å². The summed E-state index contributed by atoms with van der Waals surface area (Å²) in [5.41, 5.74) is 1.33. The molecule has 1 aromatic rings. The van der Waals surface area contributed by atoms with E-state index in [2.05, 4.69) is 41.9 Å². The van der Waals surface area contributed by atoms with Gasteiger partial charge in [0, 0.05) is 19.0 Å². The van der Waals surface area contributed by atoms with Gasteiger partial charge in [0.05, 0.1) is 12.7 Å². The van der Waals surface area contributed by atoms with Crippen molar-refractivity contribution in [3.8, 4) is 0 Å². The predicted octanol–water partition coefficient (Wildman–Crippen LogP) is 2.68. The predicted molar refractivity (Wildman–Crippen MR) is 75.4 cm³/mol. The summed E-state index contributed by atoms with van der Waals surface area (Å²) >= 11 is 0. The van der Waals surface area contributed by atoms with Gasteiger partial charge in [-0.2, -0.15) is 4.98 Å². The van der Waals surface area contributed by atoms with E-state index < -0.39 is 0 Å². The normalized spacial score (nSPS) is 27.6. The zero-order valence-corrected chi connectivity index (χ0v) is 12.5. The second-order valence-corrected chi connectivity index (χ2v) is 6.06. The second-order valence-electron chi connectivity index (χ2n) is 6.06. The molecule has 1 saturated carbocycles. The van der Waals surface area contributed by atoms with Crippen LogP contribution >= 0.6 is 0 Å². The molecule has 0 amide bonds. The maximum absolute atomic E-state index is 5.78. The van der Waals surface area contributed by atoms with Crippen molar-refractivity contribution >= 4 is 0 Å². The van der Waals surface area contributed by atoms with Gasteiger partial charge < -0.3 is 9.26 Å². The van der Waals surface area contributed by atoms with Crippen molar-refractivity contribution in [2.75, 3.05) is 19.7 Å². The second kappa shape index (κ2) is 5.66. The van der Waals surface area contributed by atoms with E-state index in [1.807, 2.05) is 0 Å². The van der Waals surface area contributed by atoms with Gasteiger partial charge in [-0.1, -0.05) is 16.8 Å². The molecule has 3 rings (SSSR count). The smallest absolute Gasteiger partial charge is 0.246 e. The van der Waals surface area contributed by atoms with Gasteiger partial charge in [-0.25, -0.2) is 0 Å². The minimum absolute atomic E-state index is 0.0688. The average molecular weight is 277 g/mol. The first-order chi connectivity index (χ1) is 9.65. The molecule has 1 aliphatic carbocycles. The van der Waals surface area contributed by atoms with Crippen molar-refractivity contribution in [3.63, 3.8) is 0 Å². The van der Waals surface area contributed by atoms with Crippen molar-refractivity contribution in [2.45, 2.75) is 51.7 Å². The first-order valence-electron chi connectivity index (χ1n) is 7.47. The highest BCUT2D eigenvalue weighted by molar-refractivity contribution is 5.07. The van der Waals surface area contributed by atoms with Crippen LogP contribution in [0.1, 0.15) is 57.3 Å². The molecule has 5 nitrogen and oxygen atoms in total. The molecule has 1 aliphatic heterocycles. The van der Waals surface area contributed by atoms with Crippen LogP contribution in [0.2, 0.25) is 0 Å². The monoisotopic (exact) mass is 277 g/mol. The third-order valence-electron chi connectivity index (χ3n) is 3.98. The quantitative estimate of drug-likeness (QED) is 0.792. The molecule has 2 heterocycles. The third kappa shape index (κ3) is 2.94. The lowest BCUT2D eigenvalue weighted by molar-refractivity contribution is -0.0685. The van der Waals surface area contributed by atoms with Gasteiger partial charge in [-0.05, 0) is 33.6 Å². The highest BCUT2D eigenvalue weighted by Crippen LogP contribution is 2.39. The summed E-state index contributed by atoms with van der Waals surface area (Å²) in [6.07, 6.45) is 4.71. The summed E-state index contributed by atoms with van der Waals surface area (Å²) in [5, 5.41) is 4.13. The van der Waals surface area contributed by atoms with Gasteiger partial charge in [0.1, 0.15) is 6.04 Å². The van der Waals surface area contributed by atoms with Crippen LogP contribution < -0.4 is 0 Å². The Hall–Kier alpha value is -1.20. The van der Waals surface area contributed by atoms with Crippen molar-refractivity contribution in [2.24, 2.45) is 0 Å². The first-order valence-corrected chi connectivity index (χ1v) is 7.47. The summed E-state index contributed by atoms with van der Waals surface area (Å²) in [6.45, 7) is 8.90. The third-order valence-corrected chi connectivity index (χ3v) is 3.98. The lowest BCUT2D eigenvalue weighted by Crippen LogP contribution is -2.44. The van der Waals surface area contributed by atoms with Crippen LogP contribution in [-0.4, -0.2) is 40.8 Å². The van der Waals surface area contributed by atoms with E-state index in [9.17, 15) is 0 Å². The lowest BCUT2D eigenvalue weighted by atomic mass is 10.1. The van der Waals surface area contributed by atoms with Gasteiger partial charge in [-0.15, -0.1) is 0 Å². The first kappa shape index (κ1) is 13.8. The molecule has 0 radical (unpaired) electrons. The van der Waals surface area contributed by atoms with Crippen LogP contribution in [-0.2, 0) is 4.74 Å². The van der Waals surface area contributed by atoms with Crippen LogP contribution in [0.15, 0.2) is 16.2 Å². The molecule has 1 saturated heterocycles. The molecule has 2 fully saturated rings. The Bertz CT molecular complexity index is 489. The summed E-state index contributed by atoms with van der Waals surface area (Å²) in [4.78, 5) is 6.97. The molecule has 0 unspecified atom stereocenters. The number of hydrogen-bond acceptors (Lipinski definition) is 5. The zero-order valence-electron chi connectivity index (χ0n) is 12.5. The number of rotatable bonds is 4. The fourth-order valence-corrected chi connectivity index (χ4v) is 2.62. The van der Waals surface area contributed by atoms with Gasteiger partial charge in [-0.3, -0.25) is 4.90 Å². The number of morpholine rings is 1. The molecule has 0 bridgehead atoms. The van der Waals surface area contributed by atoms with E-state index in [1.165, 1.54) is 18.4 Å². The molecule has 20 heavy (non-hydrogen) atoms. The average Bonchev–Trinajstić information content (AvgIpc) is 3.15. The fraction of sp³-hybridized carbons (Fsp3) is 0.733. The number of hydrogen-bond donors (Lipinski definition) is 0. The van der Waals surface area contributed by atoms with Crippen molar-refractivity contribution in [1.29, 1.82) is 0 Å². The number of nitrogens with zero attached hydrogens (tertiary/aromatic N) is 3. The molecular weight excluding hydrogens is 254 g/mol. The standard InChI is InChI=1S/C15H23N3O2/c1-10(2)6-7-18-8-9-19-11(3)13(18)15-16-14(17-20-15)12-4-5-12/h6,11-13H,4-5,7-9H2,1-3H3/t11-,13+/m1/s1. The summed E-state index contributed by atoms with van der Waals surface area (Å²) in [6, 6.07) is 0.0688. The Morgan fingerprint density at radius 1 is 1.40 bits per heavy atom. The Labute approximate surface area is 120 Å². The Kier molecular flexibility index (Phi) is 3.89.